The molecule has 0 saturated carbocycles. The molecule has 0 bridgehead atoms. The molecule has 0 fully saturated rings. The van der Waals surface area contributed by atoms with E-state index in [2.05, 4.69) is 173 Å². The number of pyridine rings is 1. The van der Waals surface area contributed by atoms with Gasteiger partial charge in [-0.05, 0) is 51.6 Å². The largest absolute Gasteiger partial charge is 0.381 e. The Labute approximate surface area is 308 Å². The monoisotopic (exact) mass is 684 g/mol. The van der Waals surface area contributed by atoms with Crippen molar-refractivity contribution in [3.8, 4) is 11.1 Å². The average molecular weight is 685 g/mol. The first-order chi connectivity index (χ1) is 26.3. The maximum absolute atomic E-state index is 5.09. The normalized spacial score (nSPS) is 17.2. The number of fused-ring (bicyclic) bond motifs is 6. The number of aliphatic imine (C=N–C) groups is 1. The minimum absolute atomic E-state index is 0.135. The summed E-state index contributed by atoms with van der Waals surface area (Å²) in [6, 6.07) is 53.3. The van der Waals surface area contributed by atoms with Crippen molar-refractivity contribution in [3.63, 3.8) is 0 Å². The lowest BCUT2D eigenvalue weighted by atomic mass is 9.97. The van der Waals surface area contributed by atoms with E-state index in [1.54, 1.807) is 0 Å². The zero-order valence-corrected chi connectivity index (χ0v) is 28.9. The molecule has 0 spiro atoms. The van der Waals surface area contributed by atoms with Crippen LogP contribution >= 0.6 is 0 Å². The number of rotatable bonds is 6. The van der Waals surface area contributed by atoms with Crippen LogP contribution in [0.1, 0.15) is 40.1 Å². The third kappa shape index (κ3) is 5.52. The van der Waals surface area contributed by atoms with Crippen LogP contribution in [0.4, 0.5) is 22.9 Å². The van der Waals surface area contributed by atoms with Crippen molar-refractivity contribution in [1.82, 2.24) is 10.3 Å². The SMILES string of the molecule is C1=Cc2c3c(c4ccccc4c2NC1)NC(c1ccc(-c2ccc(C4=CC(c5ccccc5)=NC(c5ccccc5)N4)cc2)cc1)N3c1ccccn1. The summed E-state index contributed by atoms with van der Waals surface area (Å²) in [5.41, 5.74) is 13.5. The molecule has 0 amide bonds. The standard InChI is InChI=1S/C47H36N6/c1-3-12-33(13-4-1)40-30-41(51-46(50-40)35-14-5-2-6-15-35)34-24-20-31(21-25-34)32-22-26-36(27-23-32)47-52-44-38-17-8-7-16-37(38)43-39(18-11-29-49-43)45(44)53(47)42-19-9-10-28-48-42/h1-28,30,46-47,49,51-52H,29H2. The van der Waals surface area contributed by atoms with E-state index in [1.165, 1.54) is 22.0 Å². The Balaban J connectivity index is 0.972. The van der Waals surface area contributed by atoms with Gasteiger partial charge in [-0.3, -0.25) is 9.89 Å². The van der Waals surface area contributed by atoms with E-state index in [9.17, 15) is 0 Å². The number of aromatic nitrogens is 1. The van der Waals surface area contributed by atoms with E-state index in [-0.39, 0.29) is 12.3 Å². The minimum atomic E-state index is -0.171. The molecule has 0 aliphatic carbocycles. The fourth-order valence-electron chi connectivity index (χ4n) is 7.80. The summed E-state index contributed by atoms with van der Waals surface area (Å²) in [6.45, 7) is 0.809. The average Bonchev–Trinajstić information content (AvgIpc) is 3.66. The smallest absolute Gasteiger partial charge is 0.145 e. The lowest BCUT2D eigenvalue weighted by Crippen LogP contribution is -2.24. The van der Waals surface area contributed by atoms with Gasteiger partial charge in [-0.15, -0.1) is 0 Å². The molecule has 53 heavy (non-hydrogen) atoms. The number of nitrogens with one attached hydrogen (secondary N) is 3. The third-order valence-electron chi connectivity index (χ3n) is 10.4. The van der Waals surface area contributed by atoms with Crippen molar-refractivity contribution in [2.24, 2.45) is 4.99 Å². The van der Waals surface area contributed by atoms with Crippen LogP contribution in [0.5, 0.6) is 0 Å². The van der Waals surface area contributed by atoms with Gasteiger partial charge in [0.1, 0.15) is 18.1 Å². The van der Waals surface area contributed by atoms with Gasteiger partial charge in [0.25, 0.3) is 0 Å². The molecule has 6 heteroatoms. The molecular formula is C47H36N6. The molecular weight excluding hydrogens is 649 g/mol. The van der Waals surface area contributed by atoms with Crippen molar-refractivity contribution < 1.29 is 0 Å². The number of anilines is 4. The molecule has 2 unspecified atom stereocenters. The summed E-state index contributed by atoms with van der Waals surface area (Å²) in [5, 5.41) is 13.7. The maximum Gasteiger partial charge on any atom is 0.145 e. The van der Waals surface area contributed by atoms with Gasteiger partial charge in [0.15, 0.2) is 0 Å². The van der Waals surface area contributed by atoms with Gasteiger partial charge < -0.3 is 16.0 Å². The molecule has 3 aliphatic rings. The van der Waals surface area contributed by atoms with Crippen LogP contribution in [0, 0.1) is 0 Å². The van der Waals surface area contributed by atoms with Crippen molar-refractivity contribution in [2.75, 3.05) is 22.1 Å². The highest BCUT2D eigenvalue weighted by Crippen LogP contribution is 2.54. The van der Waals surface area contributed by atoms with Gasteiger partial charge in [0.05, 0.1) is 22.8 Å². The van der Waals surface area contributed by atoms with Gasteiger partial charge in [0.2, 0.25) is 0 Å². The Morgan fingerprint density at radius 3 is 1.96 bits per heavy atom. The summed E-state index contributed by atoms with van der Waals surface area (Å²) >= 11 is 0. The second kappa shape index (κ2) is 13.0. The molecule has 10 rings (SSSR count). The highest BCUT2D eigenvalue weighted by molar-refractivity contribution is 6.15. The Kier molecular flexibility index (Phi) is 7.57. The van der Waals surface area contributed by atoms with E-state index in [0.29, 0.717) is 0 Å². The van der Waals surface area contributed by atoms with E-state index in [4.69, 9.17) is 9.98 Å². The molecule has 6 aromatic carbocycles. The number of allylic oxidation sites excluding steroid dienone is 1. The molecule has 3 N–H and O–H groups in total. The molecule has 0 saturated heterocycles. The van der Waals surface area contributed by atoms with Gasteiger partial charge in [0, 0.05) is 34.8 Å². The predicted molar refractivity (Wildman–Crippen MR) is 219 cm³/mol. The fraction of sp³-hybridized carbons (Fsp3) is 0.0638. The van der Waals surface area contributed by atoms with Crippen LogP contribution in [-0.2, 0) is 0 Å². The van der Waals surface area contributed by atoms with Crippen LogP contribution in [0.25, 0.3) is 33.7 Å². The molecule has 7 aromatic rings. The first-order valence-electron chi connectivity index (χ1n) is 18.1. The van der Waals surface area contributed by atoms with Gasteiger partial charge in [-0.2, -0.15) is 0 Å². The van der Waals surface area contributed by atoms with E-state index in [0.717, 1.165) is 68.5 Å². The second-order valence-corrected chi connectivity index (χ2v) is 13.5. The summed E-state index contributed by atoms with van der Waals surface area (Å²) in [6.07, 6.45) is 8.16. The molecule has 254 valence electrons. The Morgan fingerprint density at radius 2 is 1.23 bits per heavy atom. The Hall–Kier alpha value is -6.92. The number of hydrogen-bond acceptors (Lipinski definition) is 6. The van der Waals surface area contributed by atoms with Crippen LogP contribution in [0.3, 0.4) is 0 Å². The predicted octanol–water partition coefficient (Wildman–Crippen LogP) is 10.7. The number of nitrogens with zero attached hydrogens (tertiary/aromatic N) is 3. The number of hydrogen-bond donors (Lipinski definition) is 3. The van der Waals surface area contributed by atoms with E-state index in [1.807, 2.05) is 24.4 Å². The van der Waals surface area contributed by atoms with Crippen LogP contribution in [-0.4, -0.2) is 17.2 Å². The Bertz CT molecular complexity index is 2540. The quantitative estimate of drug-likeness (QED) is 0.163. The molecule has 1 aromatic heterocycles. The van der Waals surface area contributed by atoms with Crippen LogP contribution in [0.2, 0.25) is 0 Å². The molecule has 4 heterocycles. The van der Waals surface area contributed by atoms with Crippen molar-refractivity contribution in [2.45, 2.75) is 12.3 Å². The van der Waals surface area contributed by atoms with E-state index >= 15 is 0 Å². The lowest BCUT2D eigenvalue weighted by molar-refractivity contribution is 0.664. The first kappa shape index (κ1) is 30.9. The zero-order chi connectivity index (χ0) is 35.1. The summed E-state index contributed by atoms with van der Waals surface area (Å²) in [5.74, 6) is 0.903. The maximum atomic E-state index is 5.09. The first-order valence-corrected chi connectivity index (χ1v) is 18.1. The lowest BCUT2D eigenvalue weighted by Gasteiger charge is -2.28. The van der Waals surface area contributed by atoms with Gasteiger partial charge in [-0.1, -0.05) is 152 Å². The van der Waals surface area contributed by atoms with Gasteiger partial charge in [-0.25, -0.2) is 4.98 Å². The third-order valence-corrected chi connectivity index (χ3v) is 10.4. The molecule has 3 aliphatic heterocycles. The van der Waals surface area contributed by atoms with Crippen molar-refractivity contribution in [3.05, 3.63) is 198 Å². The summed E-state index contributed by atoms with van der Waals surface area (Å²) in [4.78, 5) is 12.3. The molecule has 2 atom stereocenters. The second-order valence-electron chi connectivity index (χ2n) is 13.5. The van der Waals surface area contributed by atoms with Crippen molar-refractivity contribution >= 4 is 51.1 Å². The highest BCUT2D eigenvalue weighted by atomic mass is 15.4. The van der Waals surface area contributed by atoms with E-state index < -0.39 is 0 Å². The minimum Gasteiger partial charge on any atom is -0.381 e. The Morgan fingerprint density at radius 1 is 0.566 bits per heavy atom. The van der Waals surface area contributed by atoms with Crippen molar-refractivity contribution in [1.29, 1.82) is 0 Å². The zero-order valence-electron chi connectivity index (χ0n) is 28.9. The van der Waals surface area contributed by atoms with Gasteiger partial charge >= 0.3 is 0 Å². The summed E-state index contributed by atoms with van der Waals surface area (Å²) in [7, 11) is 0. The van der Waals surface area contributed by atoms with Crippen LogP contribution < -0.4 is 20.9 Å². The molecule has 6 nitrogen and oxygen atoms in total. The molecule has 0 radical (unpaired) electrons. The summed E-state index contributed by atoms with van der Waals surface area (Å²) < 4.78 is 0. The van der Waals surface area contributed by atoms with Crippen LogP contribution in [0.15, 0.2) is 175 Å². The highest BCUT2D eigenvalue weighted by Gasteiger charge is 2.37. The number of benzene rings is 6. The topological polar surface area (TPSA) is 64.6 Å². The fourth-order valence-corrected chi connectivity index (χ4v) is 7.80.